The summed E-state index contributed by atoms with van der Waals surface area (Å²) in [7, 11) is 0. The summed E-state index contributed by atoms with van der Waals surface area (Å²) in [5.74, 6) is 0.911. The number of hydrogen-bond donors (Lipinski definition) is 3. The first kappa shape index (κ1) is 9.30. The SMILES string of the molecule is C#CC[C@@H](NC(N)=O)C(=O)O. The minimum Gasteiger partial charge on any atom is -0.480 e. The zero-order valence-corrected chi connectivity index (χ0v) is 5.70. The second-order valence-corrected chi connectivity index (χ2v) is 1.81. The smallest absolute Gasteiger partial charge is 0.327 e. The predicted octanol–water partition coefficient (Wildman–Crippen LogP) is -0.869. The van der Waals surface area contributed by atoms with E-state index in [-0.39, 0.29) is 6.42 Å². The van der Waals surface area contributed by atoms with E-state index in [4.69, 9.17) is 11.5 Å². The maximum Gasteiger partial charge on any atom is 0.327 e. The molecule has 0 spiro atoms. The van der Waals surface area contributed by atoms with Crippen LogP contribution in [0.4, 0.5) is 4.79 Å². The number of aliphatic carboxylic acids is 1. The third-order valence-electron chi connectivity index (χ3n) is 0.937. The molecule has 1 atom stereocenters. The van der Waals surface area contributed by atoms with Crippen molar-refractivity contribution in [2.75, 3.05) is 0 Å². The monoisotopic (exact) mass is 156 g/mol. The Hall–Kier alpha value is -1.70. The fourth-order valence-electron chi connectivity index (χ4n) is 0.490. The molecule has 0 heterocycles. The van der Waals surface area contributed by atoms with Crippen molar-refractivity contribution >= 4 is 12.0 Å². The Morgan fingerprint density at radius 3 is 2.55 bits per heavy atom. The summed E-state index contributed by atoms with van der Waals surface area (Å²) >= 11 is 0. The van der Waals surface area contributed by atoms with E-state index in [0.29, 0.717) is 0 Å². The summed E-state index contributed by atoms with van der Waals surface area (Å²) in [5.41, 5.74) is 4.68. The Labute approximate surface area is 63.6 Å². The van der Waals surface area contributed by atoms with E-state index < -0.39 is 18.0 Å². The van der Waals surface area contributed by atoms with Crippen molar-refractivity contribution in [1.29, 1.82) is 0 Å². The maximum absolute atomic E-state index is 10.3. The largest absolute Gasteiger partial charge is 0.480 e. The molecule has 0 rings (SSSR count). The predicted molar refractivity (Wildman–Crippen MR) is 37.6 cm³/mol. The number of rotatable bonds is 3. The average Bonchev–Trinajstić information content (AvgIpc) is 1.86. The van der Waals surface area contributed by atoms with Crippen LogP contribution in [-0.2, 0) is 4.79 Å². The van der Waals surface area contributed by atoms with Gasteiger partial charge in [-0.25, -0.2) is 9.59 Å². The third kappa shape index (κ3) is 3.81. The van der Waals surface area contributed by atoms with Gasteiger partial charge in [0.15, 0.2) is 0 Å². The van der Waals surface area contributed by atoms with Crippen molar-refractivity contribution in [2.45, 2.75) is 12.5 Å². The van der Waals surface area contributed by atoms with Crippen LogP contribution in [-0.4, -0.2) is 23.1 Å². The molecule has 11 heavy (non-hydrogen) atoms. The van der Waals surface area contributed by atoms with Crippen LogP contribution in [0.15, 0.2) is 0 Å². The van der Waals surface area contributed by atoms with E-state index in [1.54, 1.807) is 0 Å². The fraction of sp³-hybridized carbons (Fsp3) is 0.333. The van der Waals surface area contributed by atoms with Crippen molar-refractivity contribution in [2.24, 2.45) is 5.73 Å². The zero-order chi connectivity index (χ0) is 8.85. The van der Waals surface area contributed by atoms with Crippen LogP contribution in [0.3, 0.4) is 0 Å². The van der Waals surface area contributed by atoms with Crippen LogP contribution in [0.2, 0.25) is 0 Å². The first-order valence-electron chi connectivity index (χ1n) is 2.80. The Bertz CT molecular complexity index is 206. The molecule has 0 saturated carbocycles. The number of primary amides is 1. The van der Waals surface area contributed by atoms with Gasteiger partial charge < -0.3 is 16.2 Å². The molecule has 0 bridgehead atoms. The summed E-state index contributed by atoms with van der Waals surface area (Å²) in [5, 5.41) is 10.4. The molecule has 0 fully saturated rings. The quantitative estimate of drug-likeness (QED) is 0.464. The molecule has 0 aliphatic rings. The minimum absolute atomic E-state index is 0.0712. The van der Waals surface area contributed by atoms with Gasteiger partial charge in [0.25, 0.3) is 0 Å². The zero-order valence-electron chi connectivity index (χ0n) is 5.70. The van der Waals surface area contributed by atoms with Gasteiger partial charge >= 0.3 is 12.0 Å². The minimum atomic E-state index is -1.19. The lowest BCUT2D eigenvalue weighted by atomic mass is 10.2. The summed E-state index contributed by atoms with van der Waals surface area (Å²) in [6.07, 6.45) is 4.77. The number of carboxylic acids is 1. The number of hydrogen-bond acceptors (Lipinski definition) is 2. The van der Waals surface area contributed by atoms with Gasteiger partial charge in [0.1, 0.15) is 6.04 Å². The highest BCUT2D eigenvalue weighted by Crippen LogP contribution is 1.89. The highest BCUT2D eigenvalue weighted by atomic mass is 16.4. The standard InChI is InChI=1S/C6H8N2O3/c1-2-3-4(5(9)10)8-6(7)11/h1,4H,3H2,(H,9,10)(H3,7,8,11)/t4-/m1/s1. The molecule has 2 amide bonds. The molecule has 0 aromatic heterocycles. The molecule has 5 heteroatoms. The molecule has 0 unspecified atom stereocenters. The van der Waals surface area contributed by atoms with Gasteiger partial charge in [0, 0.05) is 6.42 Å². The number of nitrogens with two attached hydrogens (primary N) is 1. The molecule has 5 nitrogen and oxygen atoms in total. The highest BCUT2D eigenvalue weighted by molar-refractivity contribution is 5.81. The Morgan fingerprint density at radius 1 is 1.73 bits per heavy atom. The average molecular weight is 156 g/mol. The second kappa shape index (κ2) is 4.17. The second-order valence-electron chi connectivity index (χ2n) is 1.81. The molecule has 0 aliphatic heterocycles. The summed E-state index contributed by atoms with van der Waals surface area (Å²) < 4.78 is 0. The normalized spacial score (nSPS) is 11.2. The highest BCUT2D eigenvalue weighted by Gasteiger charge is 2.16. The maximum atomic E-state index is 10.3. The Kier molecular flexibility index (Phi) is 3.52. The number of terminal acetylenes is 1. The number of urea groups is 1. The van der Waals surface area contributed by atoms with Crippen molar-refractivity contribution in [1.82, 2.24) is 5.32 Å². The molecular weight excluding hydrogens is 148 g/mol. The number of carbonyl (C=O) groups is 2. The molecule has 0 saturated heterocycles. The Morgan fingerprint density at radius 2 is 2.27 bits per heavy atom. The molecule has 4 N–H and O–H groups in total. The summed E-state index contributed by atoms with van der Waals surface area (Å²) in [6, 6.07) is -1.98. The van der Waals surface area contributed by atoms with Crippen LogP contribution >= 0.6 is 0 Å². The van der Waals surface area contributed by atoms with Gasteiger partial charge in [-0.3, -0.25) is 0 Å². The first-order chi connectivity index (χ1) is 5.07. The van der Waals surface area contributed by atoms with Crippen molar-refractivity contribution < 1.29 is 14.7 Å². The van der Waals surface area contributed by atoms with Gasteiger partial charge in [-0.05, 0) is 0 Å². The van der Waals surface area contributed by atoms with Gasteiger partial charge in [0.2, 0.25) is 0 Å². The Balaban J connectivity index is 4.02. The molecule has 0 aromatic rings. The molecule has 60 valence electrons. The van der Waals surface area contributed by atoms with Crippen LogP contribution in [0.1, 0.15) is 6.42 Å². The van der Waals surface area contributed by atoms with Crippen molar-refractivity contribution in [3.8, 4) is 12.3 Å². The molecular formula is C6H8N2O3. The van der Waals surface area contributed by atoms with Crippen LogP contribution in [0, 0.1) is 12.3 Å². The van der Waals surface area contributed by atoms with Gasteiger partial charge in [-0.1, -0.05) is 0 Å². The fourth-order valence-corrected chi connectivity index (χ4v) is 0.490. The number of carboxylic acid groups (broad SMARTS) is 1. The first-order valence-corrected chi connectivity index (χ1v) is 2.80. The van der Waals surface area contributed by atoms with E-state index in [2.05, 4.69) is 11.7 Å². The molecule has 0 aromatic carbocycles. The van der Waals surface area contributed by atoms with E-state index in [1.807, 2.05) is 5.32 Å². The van der Waals surface area contributed by atoms with Gasteiger partial charge in [0.05, 0.1) is 0 Å². The number of amides is 2. The lowest BCUT2D eigenvalue weighted by Crippen LogP contribution is -2.43. The van der Waals surface area contributed by atoms with Gasteiger partial charge in [-0.15, -0.1) is 12.3 Å². The lowest BCUT2D eigenvalue weighted by molar-refractivity contribution is -0.139. The van der Waals surface area contributed by atoms with E-state index in [9.17, 15) is 9.59 Å². The van der Waals surface area contributed by atoms with E-state index >= 15 is 0 Å². The van der Waals surface area contributed by atoms with Crippen LogP contribution in [0.5, 0.6) is 0 Å². The van der Waals surface area contributed by atoms with E-state index in [0.717, 1.165) is 0 Å². The van der Waals surface area contributed by atoms with Crippen LogP contribution in [0.25, 0.3) is 0 Å². The summed E-state index contributed by atoms with van der Waals surface area (Å²) in [6.45, 7) is 0. The van der Waals surface area contributed by atoms with E-state index in [1.165, 1.54) is 0 Å². The third-order valence-corrected chi connectivity index (χ3v) is 0.937. The van der Waals surface area contributed by atoms with Crippen LogP contribution < -0.4 is 11.1 Å². The topological polar surface area (TPSA) is 92.4 Å². The lowest BCUT2D eigenvalue weighted by Gasteiger charge is -2.07. The van der Waals surface area contributed by atoms with Crippen molar-refractivity contribution in [3.05, 3.63) is 0 Å². The van der Waals surface area contributed by atoms with Crippen molar-refractivity contribution in [3.63, 3.8) is 0 Å². The summed E-state index contributed by atoms with van der Waals surface area (Å²) in [4.78, 5) is 20.4. The van der Waals surface area contributed by atoms with Gasteiger partial charge in [-0.2, -0.15) is 0 Å². The molecule has 0 radical (unpaired) electrons. The number of nitrogens with one attached hydrogen (secondary N) is 1. The number of carbonyl (C=O) groups excluding carboxylic acids is 1. The molecule has 0 aliphatic carbocycles.